The fourth-order valence-electron chi connectivity index (χ4n) is 1.89. The van der Waals surface area contributed by atoms with Crippen LogP contribution in [0.3, 0.4) is 0 Å². The molecule has 82 valence electrons. The van der Waals surface area contributed by atoms with Gasteiger partial charge < -0.3 is 0 Å². The Bertz CT molecular complexity index is 671. The molecule has 2 aromatic heterocycles. The first-order valence-electron chi connectivity index (χ1n) is 5.36. The maximum Gasteiger partial charge on any atom is 0.150 e. The van der Waals surface area contributed by atoms with Crippen LogP contribution in [0.2, 0.25) is 0 Å². The first-order chi connectivity index (χ1) is 8.38. The number of nitrogens with zero attached hydrogens (tertiary/aromatic N) is 2. The van der Waals surface area contributed by atoms with Crippen molar-refractivity contribution in [3.63, 3.8) is 0 Å². The Morgan fingerprint density at radius 1 is 1.12 bits per heavy atom. The van der Waals surface area contributed by atoms with E-state index in [1.54, 1.807) is 12.3 Å². The van der Waals surface area contributed by atoms with Crippen LogP contribution >= 0.6 is 0 Å². The molecule has 3 rings (SSSR count). The van der Waals surface area contributed by atoms with Crippen molar-refractivity contribution < 1.29 is 4.79 Å². The molecule has 17 heavy (non-hydrogen) atoms. The van der Waals surface area contributed by atoms with Crippen LogP contribution in [0.5, 0.6) is 0 Å². The van der Waals surface area contributed by atoms with E-state index < -0.39 is 0 Å². The number of carbonyl (C=O) groups excluding carboxylic acids is 1. The lowest BCUT2D eigenvalue weighted by atomic mass is 10.2. The van der Waals surface area contributed by atoms with Crippen LogP contribution in [0.1, 0.15) is 10.4 Å². The lowest BCUT2D eigenvalue weighted by molar-refractivity contribution is 0.112. The minimum Gasteiger partial charge on any atom is -0.300 e. The van der Waals surface area contributed by atoms with Crippen LogP contribution in [-0.2, 0) is 0 Å². The Hall–Kier alpha value is -2.42. The van der Waals surface area contributed by atoms with Crippen LogP contribution in [0, 0.1) is 0 Å². The summed E-state index contributed by atoms with van der Waals surface area (Å²) in [5.41, 5.74) is 2.65. The molecule has 0 radical (unpaired) electrons. The van der Waals surface area contributed by atoms with Gasteiger partial charge in [0, 0.05) is 17.3 Å². The number of fused-ring (bicyclic) bond motifs is 1. The molecule has 3 heteroatoms. The molecule has 0 fully saturated rings. The predicted molar refractivity (Wildman–Crippen MR) is 66.0 cm³/mol. The SMILES string of the molecule is O=Cc1ccn2c(-c3ccccc3)ncc2c1. The van der Waals surface area contributed by atoms with Gasteiger partial charge in [-0.05, 0) is 12.1 Å². The molecule has 0 aliphatic carbocycles. The van der Waals surface area contributed by atoms with Crippen LogP contribution in [-0.4, -0.2) is 15.7 Å². The third kappa shape index (κ3) is 1.61. The molecule has 0 N–H and O–H groups in total. The van der Waals surface area contributed by atoms with Gasteiger partial charge in [-0.3, -0.25) is 9.20 Å². The summed E-state index contributed by atoms with van der Waals surface area (Å²) in [4.78, 5) is 15.1. The fraction of sp³-hybridized carbons (Fsp3) is 0. The topological polar surface area (TPSA) is 34.4 Å². The molecule has 3 aromatic rings. The van der Waals surface area contributed by atoms with E-state index in [1.165, 1.54) is 0 Å². The maximum atomic E-state index is 10.7. The van der Waals surface area contributed by atoms with Gasteiger partial charge in [-0.2, -0.15) is 0 Å². The predicted octanol–water partition coefficient (Wildman–Crippen LogP) is 2.81. The monoisotopic (exact) mass is 222 g/mol. The molecule has 0 saturated heterocycles. The number of hydrogen-bond donors (Lipinski definition) is 0. The van der Waals surface area contributed by atoms with Crippen LogP contribution < -0.4 is 0 Å². The number of pyridine rings is 1. The average Bonchev–Trinajstić information content (AvgIpc) is 2.82. The Morgan fingerprint density at radius 3 is 2.71 bits per heavy atom. The lowest BCUT2D eigenvalue weighted by Crippen LogP contribution is -1.90. The number of imidazole rings is 1. The van der Waals surface area contributed by atoms with E-state index >= 15 is 0 Å². The zero-order valence-electron chi connectivity index (χ0n) is 9.08. The van der Waals surface area contributed by atoms with Gasteiger partial charge >= 0.3 is 0 Å². The third-order valence-corrected chi connectivity index (χ3v) is 2.72. The molecule has 0 bridgehead atoms. The van der Waals surface area contributed by atoms with E-state index in [2.05, 4.69) is 4.98 Å². The number of benzene rings is 1. The third-order valence-electron chi connectivity index (χ3n) is 2.72. The Labute approximate surface area is 98.4 Å². The van der Waals surface area contributed by atoms with E-state index in [4.69, 9.17) is 0 Å². The van der Waals surface area contributed by atoms with Gasteiger partial charge in [0.2, 0.25) is 0 Å². The number of aldehydes is 1. The fourth-order valence-corrected chi connectivity index (χ4v) is 1.89. The number of hydrogen-bond acceptors (Lipinski definition) is 2. The highest BCUT2D eigenvalue weighted by atomic mass is 16.1. The molecule has 0 spiro atoms. The zero-order valence-corrected chi connectivity index (χ0v) is 9.08. The van der Waals surface area contributed by atoms with Crippen LogP contribution in [0.15, 0.2) is 54.9 Å². The summed E-state index contributed by atoms with van der Waals surface area (Å²) in [5.74, 6) is 0.887. The van der Waals surface area contributed by atoms with E-state index in [0.717, 1.165) is 23.2 Å². The summed E-state index contributed by atoms with van der Waals surface area (Å²) in [6, 6.07) is 13.6. The molecular formula is C14H10N2O. The number of aromatic nitrogens is 2. The second-order valence-electron chi connectivity index (χ2n) is 3.82. The molecular weight excluding hydrogens is 212 g/mol. The summed E-state index contributed by atoms with van der Waals surface area (Å²) < 4.78 is 1.97. The second-order valence-corrected chi connectivity index (χ2v) is 3.82. The van der Waals surface area contributed by atoms with Gasteiger partial charge in [-0.15, -0.1) is 0 Å². The maximum absolute atomic E-state index is 10.7. The standard InChI is InChI=1S/C14H10N2O/c17-10-11-6-7-16-13(8-11)9-15-14(16)12-4-2-1-3-5-12/h1-10H. The largest absolute Gasteiger partial charge is 0.300 e. The van der Waals surface area contributed by atoms with Crippen LogP contribution in [0.25, 0.3) is 16.9 Å². The van der Waals surface area contributed by atoms with Gasteiger partial charge in [0.15, 0.2) is 0 Å². The molecule has 2 heterocycles. The summed E-state index contributed by atoms with van der Waals surface area (Å²) >= 11 is 0. The first kappa shape index (κ1) is 9.78. The molecule has 0 aliphatic rings. The van der Waals surface area contributed by atoms with Crippen molar-refractivity contribution in [1.82, 2.24) is 9.38 Å². The number of rotatable bonds is 2. The second kappa shape index (κ2) is 3.87. The highest BCUT2D eigenvalue weighted by molar-refractivity contribution is 5.78. The van der Waals surface area contributed by atoms with Crippen molar-refractivity contribution in [3.05, 3.63) is 60.4 Å². The normalized spacial score (nSPS) is 10.6. The van der Waals surface area contributed by atoms with Gasteiger partial charge in [0.25, 0.3) is 0 Å². The number of carbonyl (C=O) groups is 1. The van der Waals surface area contributed by atoms with E-state index in [-0.39, 0.29) is 0 Å². The molecule has 0 amide bonds. The zero-order chi connectivity index (χ0) is 11.7. The van der Waals surface area contributed by atoms with Gasteiger partial charge in [0.1, 0.15) is 12.1 Å². The van der Waals surface area contributed by atoms with Crippen molar-refractivity contribution >= 4 is 11.8 Å². The molecule has 1 aromatic carbocycles. The molecule has 3 nitrogen and oxygen atoms in total. The average molecular weight is 222 g/mol. The van der Waals surface area contributed by atoms with Crippen molar-refractivity contribution in [1.29, 1.82) is 0 Å². The summed E-state index contributed by atoms with van der Waals surface area (Å²) in [6.07, 6.45) is 4.49. The Balaban J connectivity index is 2.22. The van der Waals surface area contributed by atoms with Crippen molar-refractivity contribution in [2.45, 2.75) is 0 Å². The molecule has 0 aliphatic heterocycles. The van der Waals surface area contributed by atoms with Gasteiger partial charge in [-0.25, -0.2) is 4.98 Å². The van der Waals surface area contributed by atoms with E-state index in [9.17, 15) is 4.79 Å². The van der Waals surface area contributed by atoms with Crippen molar-refractivity contribution in [2.24, 2.45) is 0 Å². The summed E-state index contributed by atoms with van der Waals surface area (Å²) in [7, 11) is 0. The van der Waals surface area contributed by atoms with Crippen LogP contribution in [0.4, 0.5) is 0 Å². The Kier molecular flexibility index (Phi) is 2.22. The summed E-state index contributed by atoms with van der Waals surface area (Å²) in [6.45, 7) is 0. The lowest BCUT2D eigenvalue weighted by Gasteiger charge is -2.01. The highest BCUT2D eigenvalue weighted by Gasteiger charge is 2.05. The van der Waals surface area contributed by atoms with Gasteiger partial charge in [-0.1, -0.05) is 30.3 Å². The minimum absolute atomic E-state index is 0.664. The molecule has 0 unspecified atom stereocenters. The smallest absolute Gasteiger partial charge is 0.150 e. The van der Waals surface area contributed by atoms with E-state index in [1.807, 2.05) is 47.0 Å². The quantitative estimate of drug-likeness (QED) is 0.625. The van der Waals surface area contributed by atoms with Crippen molar-refractivity contribution in [3.8, 4) is 11.4 Å². The molecule has 0 atom stereocenters. The Morgan fingerprint density at radius 2 is 1.94 bits per heavy atom. The van der Waals surface area contributed by atoms with E-state index in [0.29, 0.717) is 5.56 Å². The highest BCUT2D eigenvalue weighted by Crippen LogP contribution is 2.19. The first-order valence-corrected chi connectivity index (χ1v) is 5.36. The molecule has 0 saturated carbocycles. The van der Waals surface area contributed by atoms with Gasteiger partial charge in [0.05, 0.1) is 11.7 Å². The summed E-state index contributed by atoms with van der Waals surface area (Å²) in [5, 5.41) is 0. The minimum atomic E-state index is 0.664. The van der Waals surface area contributed by atoms with Crippen molar-refractivity contribution in [2.75, 3.05) is 0 Å².